The Bertz CT molecular complexity index is 604. The van der Waals surface area contributed by atoms with Crippen LogP contribution in [0.3, 0.4) is 0 Å². The van der Waals surface area contributed by atoms with Crippen molar-refractivity contribution in [2.45, 2.75) is 38.8 Å². The van der Waals surface area contributed by atoms with Crippen molar-refractivity contribution in [1.29, 1.82) is 0 Å². The van der Waals surface area contributed by atoms with Gasteiger partial charge in [-0.2, -0.15) is 0 Å². The summed E-state index contributed by atoms with van der Waals surface area (Å²) in [6.07, 6.45) is -0.584. The maximum atomic E-state index is 12.1. The van der Waals surface area contributed by atoms with Crippen LogP contribution in [-0.4, -0.2) is 36.0 Å². The molecule has 0 fully saturated rings. The molecule has 6 nitrogen and oxygen atoms in total. The van der Waals surface area contributed by atoms with Crippen molar-refractivity contribution < 1.29 is 19.1 Å². The average molecular weight is 304 g/mol. The first-order chi connectivity index (χ1) is 10.3. The van der Waals surface area contributed by atoms with Crippen molar-refractivity contribution >= 4 is 17.8 Å². The van der Waals surface area contributed by atoms with Crippen molar-refractivity contribution in [3.63, 3.8) is 0 Å². The van der Waals surface area contributed by atoms with Gasteiger partial charge in [-0.3, -0.25) is 9.59 Å². The van der Waals surface area contributed by atoms with E-state index in [0.717, 1.165) is 5.56 Å². The molecule has 2 amide bonds. The second-order valence-electron chi connectivity index (χ2n) is 6.27. The number of fused-ring (bicyclic) bond motifs is 1. The number of cyclic esters (lactones) is 1. The van der Waals surface area contributed by atoms with Crippen LogP contribution >= 0.6 is 0 Å². The number of rotatable bonds is 3. The third kappa shape index (κ3) is 4.07. The van der Waals surface area contributed by atoms with Crippen LogP contribution in [0.1, 0.15) is 36.7 Å². The summed E-state index contributed by atoms with van der Waals surface area (Å²) >= 11 is 0. The highest BCUT2D eigenvalue weighted by molar-refractivity contribution is 5.96. The van der Waals surface area contributed by atoms with Crippen LogP contribution in [0.4, 0.5) is 0 Å². The number of carbonyl (C=O) groups excluding carboxylic acids is 3. The van der Waals surface area contributed by atoms with Crippen LogP contribution in [0, 0.1) is 0 Å². The van der Waals surface area contributed by atoms with Gasteiger partial charge < -0.3 is 15.4 Å². The molecule has 6 heteroatoms. The highest BCUT2D eigenvalue weighted by Gasteiger charge is 2.31. The number of nitrogens with one attached hydrogen (secondary N) is 2. The van der Waals surface area contributed by atoms with Crippen LogP contribution in [0.25, 0.3) is 0 Å². The number of benzene rings is 1. The lowest BCUT2D eigenvalue weighted by molar-refractivity contribution is -0.132. The summed E-state index contributed by atoms with van der Waals surface area (Å²) in [6, 6.07) is 7.02. The van der Waals surface area contributed by atoms with Crippen molar-refractivity contribution in [1.82, 2.24) is 10.6 Å². The second-order valence-corrected chi connectivity index (χ2v) is 6.27. The molecule has 0 aromatic heterocycles. The molecule has 2 rings (SSSR count). The van der Waals surface area contributed by atoms with E-state index in [-0.39, 0.29) is 18.0 Å². The van der Waals surface area contributed by atoms with Gasteiger partial charge in [0.2, 0.25) is 5.91 Å². The molecule has 118 valence electrons. The molecule has 2 N–H and O–H groups in total. The van der Waals surface area contributed by atoms with E-state index in [9.17, 15) is 14.4 Å². The van der Waals surface area contributed by atoms with Gasteiger partial charge in [-0.05, 0) is 32.4 Å². The Balaban J connectivity index is 1.92. The summed E-state index contributed by atoms with van der Waals surface area (Å²) in [7, 11) is 0. The minimum Gasteiger partial charge on any atom is -0.448 e. The molecule has 0 spiro atoms. The number of carbonyl (C=O) groups is 3. The summed E-state index contributed by atoms with van der Waals surface area (Å²) in [6.45, 7) is 5.41. The number of hydrogen-bond donors (Lipinski definition) is 2. The molecular weight excluding hydrogens is 284 g/mol. The highest BCUT2D eigenvalue weighted by atomic mass is 16.5. The van der Waals surface area contributed by atoms with Gasteiger partial charge >= 0.3 is 5.97 Å². The van der Waals surface area contributed by atoms with Crippen LogP contribution in [-0.2, 0) is 20.7 Å². The van der Waals surface area contributed by atoms with Crippen molar-refractivity contribution in [3.8, 4) is 0 Å². The first-order valence-electron chi connectivity index (χ1n) is 7.14. The molecule has 0 saturated heterocycles. The Morgan fingerprint density at radius 1 is 1.27 bits per heavy atom. The minimum atomic E-state index is -0.898. The van der Waals surface area contributed by atoms with Gasteiger partial charge in [-0.15, -0.1) is 0 Å². The van der Waals surface area contributed by atoms with E-state index in [0.29, 0.717) is 12.0 Å². The number of amides is 2. The Hall–Kier alpha value is -2.37. The summed E-state index contributed by atoms with van der Waals surface area (Å²) in [4.78, 5) is 35.6. The minimum absolute atomic E-state index is 0.147. The molecule has 1 aromatic rings. The smallest absolute Gasteiger partial charge is 0.339 e. The monoisotopic (exact) mass is 304 g/mol. The lowest BCUT2D eigenvalue weighted by Crippen LogP contribution is -2.48. The van der Waals surface area contributed by atoms with Crippen molar-refractivity contribution in [2.75, 3.05) is 6.54 Å². The third-order valence-electron chi connectivity index (χ3n) is 3.12. The SMILES string of the molecule is CC(C)(C)NC(=O)CNC(=O)C1Cc2ccccc2C(=O)O1. The summed E-state index contributed by atoms with van der Waals surface area (Å²) in [5, 5.41) is 5.24. The first kappa shape index (κ1) is 16.0. The molecule has 1 aliphatic rings. The zero-order valence-corrected chi connectivity index (χ0v) is 12.9. The fourth-order valence-electron chi connectivity index (χ4n) is 2.22. The molecule has 1 heterocycles. The first-order valence-corrected chi connectivity index (χ1v) is 7.14. The molecule has 1 aliphatic heterocycles. The number of hydrogen-bond acceptors (Lipinski definition) is 4. The van der Waals surface area contributed by atoms with Crippen LogP contribution in [0.2, 0.25) is 0 Å². The summed E-state index contributed by atoms with van der Waals surface area (Å²) in [5.74, 6) is -1.27. The summed E-state index contributed by atoms with van der Waals surface area (Å²) < 4.78 is 5.13. The number of esters is 1. The molecule has 0 aliphatic carbocycles. The van der Waals surface area contributed by atoms with Gasteiger partial charge in [-0.25, -0.2) is 4.79 Å². The molecular formula is C16H20N2O4. The Morgan fingerprint density at radius 2 is 1.95 bits per heavy atom. The molecule has 1 unspecified atom stereocenters. The Kier molecular flexibility index (Phi) is 4.49. The lowest BCUT2D eigenvalue weighted by Gasteiger charge is -2.24. The van der Waals surface area contributed by atoms with Crippen LogP contribution in [0.15, 0.2) is 24.3 Å². The van der Waals surface area contributed by atoms with Crippen LogP contribution < -0.4 is 10.6 Å². The molecule has 1 aromatic carbocycles. The van der Waals surface area contributed by atoms with E-state index in [1.54, 1.807) is 18.2 Å². The molecule has 0 saturated carbocycles. The topological polar surface area (TPSA) is 84.5 Å². The largest absolute Gasteiger partial charge is 0.448 e. The van der Waals surface area contributed by atoms with E-state index in [4.69, 9.17) is 4.74 Å². The third-order valence-corrected chi connectivity index (χ3v) is 3.12. The zero-order valence-electron chi connectivity index (χ0n) is 12.9. The average Bonchev–Trinajstić information content (AvgIpc) is 2.43. The lowest BCUT2D eigenvalue weighted by atomic mass is 9.98. The Labute approximate surface area is 129 Å². The Morgan fingerprint density at radius 3 is 2.64 bits per heavy atom. The molecule has 22 heavy (non-hydrogen) atoms. The van der Waals surface area contributed by atoms with Gasteiger partial charge in [0.25, 0.3) is 5.91 Å². The molecule has 0 bridgehead atoms. The van der Waals surface area contributed by atoms with Crippen molar-refractivity contribution in [2.24, 2.45) is 0 Å². The zero-order chi connectivity index (χ0) is 16.3. The summed E-state index contributed by atoms with van der Waals surface area (Å²) in [5.41, 5.74) is 0.896. The van der Waals surface area contributed by atoms with Gasteiger partial charge in [0.15, 0.2) is 6.10 Å². The predicted octanol–water partition coefficient (Wildman–Crippen LogP) is 0.799. The van der Waals surface area contributed by atoms with Gasteiger partial charge in [-0.1, -0.05) is 18.2 Å². The van der Waals surface area contributed by atoms with Crippen molar-refractivity contribution in [3.05, 3.63) is 35.4 Å². The molecule has 0 radical (unpaired) electrons. The molecule has 1 atom stereocenters. The maximum absolute atomic E-state index is 12.1. The highest BCUT2D eigenvalue weighted by Crippen LogP contribution is 2.20. The number of ether oxygens (including phenoxy) is 1. The van der Waals surface area contributed by atoms with Gasteiger partial charge in [0.1, 0.15) is 0 Å². The standard InChI is InChI=1S/C16H20N2O4/c1-16(2,3)18-13(19)9-17-14(20)12-8-10-6-4-5-7-11(10)15(21)22-12/h4-7,12H,8-9H2,1-3H3,(H,17,20)(H,18,19). The van der Waals surface area contributed by atoms with E-state index >= 15 is 0 Å². The normalized spacial score (nSPS) is 17.2. The second kappa shape index (κ2) is 6.17. The predicted molar refractivity (Wildman–Crippen MR) is 80.3 cm³/mol. The van der Waals surface area contributed by atoms with Gasteiger partial charge in [0.05, 0.1) is 12.1 Å². The van der Waals surface area contributed by atoms with E-state index < -0.39 is 18.0 Å². The maximum Gasteiger partial charge on any atom is 0.339 e. The van der Waals surface area contributed by atoms with E-state index in [2.05, 4.69) is 10.6 Å². The van der Waals surface area contributed by atoms with Gasteiger partial charge in [0, 0.05) is 12.0 Å². The quantitative estimate of drug-likeness (QED) is 0.809. The van der Waals surface area contributed by atoms with E-state index in [1.807, 2.05) is 26.8 Å². The fraction of sp³-hybridized carbons (Fsp3) is 0.438. The fourth-order valence-corrected chi connectivity index (χ4v) is 2.22. The van der Waals surface area contributed by atoms with E-state index in [1.165, 1.54) is 0 Å². The van der Waals surface area contributed by atoms with Crippen LogP contribution in [0.5, 0.6) is 0 Å².